The Morgan fingerprint density at radius 2 is 1.77 bits per heavy atom. The van der Waals surface area contributed by atoms with Crippen molar-refractivity contribution in [1.29, 1.82) is 0 Å². The molecule has 2 amide bonds. The first-order chi connectivity index (χ1) is 14.6. The number of ether oxygens (including phenoxy) is 1. The topological polar surface area (TPSA) is 58.6 Å². The van der Waals surface area contributed by atoms with E-state index in [0.717, 1.165) is 18.5 Å². The van der Waals surface area contributed by atoms with E-state index in [4.69, 9.17) is 4.74 Å². The molecule has 4 rings (SSSR count). The Morgan fingerprint density at radius 1 is 0.967 bits per heavy atom. The molecule has 1 fully saturated rings. The van der Waals surface area contributed by atoms with Crippen molar-refractivity contribution in [3.63, 3.8) is 0 Å². The van der Waals surface area contributed by atoms with Gasteiger partial charge in [0.25, 0.3) is 5.91 Å². The molecule has 0 atom stereocenters. The molecule has 0 spiro atoms. The number of amides is 2. The van der Waals surface area contributed by atoms with Gasteiger partial charge >= 0.3 is 0 Å². The van der Waals surface area contributed by atoms with Crippen molar-refractivity contribution in [2.24, 2.45) is 0 Å². The fraction of sp³-hybridized carbons (Fsp3) is 0.167. The molecule has 0 aromatic heterocycles. The number of carbonyl (C=O) groups is 2. The van der Waals surface area contributed by atoms with Crippen LogP contribution in [0.25, 0.3) is 0 Å². The third-order valence-electron chi connectivity index (χ3n) is 4.92. The number of rotatable bonds is 5. The van der Waals surface area contributed by atoms with Crippen LogP contribution in [0.2, 0.25) is 0 Å². The van der Waals surface area contributed by atoms with Crippen LogP contribution in [0.4, 0.5) is 15.8 Å². The molecule has 0 bridgehead atoms. The zero-order chi connectivity index (χ0) is 20.9. The number of piperidine rings is 1. The van der Waals surface area contributed by atoms with Gasteiger partial charge in [-0.1, -0.05) is 18.2 Å². The van der Waals surface area contributed by atoms with E-state index >= 15 is 0 Å². The van der Waals surface area contributed by atoms with Crippen molar-refractivity contribution in [3.05, 3.63) is 84.2 Å². The van der Waals surface area contributed by atoms with Crippen molar-refractivity contribution in [3.8, 4) is 11.5 Å². The Balaban J connectivity index is 1.48. The fourth-order valence-electron chi connectivity index (χ4n) is 3.38. The van der Waals surface area contributed by atoms with Crippen LogP contribution in [0, 0.1) is 5.82 Å². The summed E-state index contributed by atoms with van der Waals surface area (Å²) >= 11 is 0. The second-order valence-electron chi connectivity index (χ2n) is 7.06. The average molecular weight is 404 g/mol. The van der Waals surface area contributed by atoms with Gasteiger partial charge in [0.05, 0.1) is 5.69 Å². The summed E-state index contributed by atoms with van der Waals surface area (Å²) in [7, 11) is 0. The molecule has 1 N–H and O–H groups in total. The number of hydrogen-bond donors (Lipinski definition) is 1. The quantitative estimate of drug-likeness (QED) is 0.620. The fourth-order valence-corrected chi connectivity index (χ4v) is 3.38. The number of anilines is 2. The molecule has 30 heavy (non-hydrogen) atoms. The van der Waals surface area contributed by atoms with Crippen molar-refractivity contribution in [1.82, 2.24) is 0 Å². The van der Waals surface area contributed by atoms with Gasteiger partial charge in [0.15, 0.2) is 5.75 Å². The van der Waals surface area contributed by atoms with Crippen LogP contribution < -0.4 is 15.0 Å². The summed E-state index contributed by atoms with van der Waals surface area (Å²) in [6.45, 7) is 0.704. The van der Waals surface area contributed by atoms with Gasteiger partial charge in [-0.05, 0) is 61.4 Å². The highest BCUT2D eigenvalue weighted by Gasteiger charge is 2.20. The summed E-state index contributed by atoms with van der Waals surface area (Å²) in [6, 6.07) is 19.7. The Bertz CT molecular complexity index is 1070. The van der Waals surface area contributed by atoms with Crippen LogP contribution in [0.3, 0.4) is 0 Å². The molecule has 0 aliphatic carbocycles. The maximum Gasteiger partial charge on any atom is 0.255 e. The van der Waals surface area contributed by atoms with E-state index in [2.05, 4.69) is 5.32 Å². The predicted molar refractivity (Wildman–Crippen MR) is 114 cm³/mol. The van der Waals surface area contributed by atoms with Crippen LogP contribution in [0.15, 0.2) is 72.8 Å². The van der Waals surface area contributed by atoms with Crippen molar-refractivity contribution in [2.45, 2.75) is 19.3 Å². The maximum atomic E-state index is 13.4. The van der Waals surface area contributed by atoms with E-state index in [1.165, 1.54) is 12.1 Å². The van der Waals surface area contributed by atoms with E-state index < -0.39 is 5.82 Å². The minimum atomic E-state index is -0.402. The molecule has 3 aromatic rings. The first-order valence-corrected chi connectivity index (χ1v) is 9.84. The number of nitrogens with one attached hydrogen (secondary N) is 1. The zero-order valence-electron chi connectivity index (χ0n) is 16.3. The first-order valence-electron chi connectivity index (χ1n) is 9.84. The number of hydrogen-bond acceptors (Lipinski definition) is 3. The second-order valence-corrected chi connectivity index (χ2v) is 7.06. The molecule has 6 heteroatoms. The Kier molecular flexibility index (Phi) is 5.75. The monoisotopic (exact) mass is 404 g/mol. The van der Waals surface area contributed by atoms with Crippen LogP contribution >= 0.6 is 0 Å². The van der Waals surface area contributed by atoms with E-state index in [9.17, 15) is 14.0 Å². The molecule has 1 heterocycles. The van der Waals surface area contributed by atoms with Crippen LogP contribution in [0.5, 0.6) is 11.5 Å². The van der Waals surface area contributed by atoms with Crippen LogP contribution in [0.1, 0.15) is 29.6 Å². The molecular weight excluding hydrogens is 383 g/mol. The number of carbonyl (C=O) groups excluding carboxylic acids is 2. The van der Waals surface area contributed by atoms with Crippen molar-refractivity contribution in [2.75, 3.05) is 16.8 Å². The van der Waals surface area contributed by atoms with Gasteiger partial charge in [-0.2, -0.15) is 0 Å². The van der Waals surface area contributed by atoms with Crippen LogP contribution in [-0.4, -0.2) is 18.4 Å². The molecule has 1 aliphatic rings. The number of nitrogens with zero attached hydrogens (tertiary/aromatic N) is 1. The molecule has 5 nitrogen and oxygen atoms in total. The molecule has 152 valence electrons. The van der Waals surface area contributed by atoms with E-state index in [-0.39, 0.29) is 11.8 Å². The number of benzene rings is 3. The standard InChI is InChI=1S/C24H21FN2O3/c25-18-6-5-7-20(16-18)30-22-9-2-1-8-21(22)26-24(29)17-11-13-19(14-12-17)27-15-4-3-10-23(27)28/h1-2,5-9,11-14,16H,3-4,10,15H2,(H,26,29). The molecule has 0 unspecified atom stereocenters. The number of para-hydroxylation sites is 2. The Hall–Kier alpha value is -3.67. The Labute approximate surface area is 174 Å². The molecule has 1 saturated heterocycles. The molecule has 0 saturated carbocycles. The van der Waals surface area contributed by atoms with Gasteiger partial charge < -0.3 is 15.0 Å². The molecule has 1 aliphatic heterocycles. The lowest BCUT2D eigenvalue weighted by Gasteiger charge is -2.26. The lowest BCUT2D eigenvalue weighted by atomic mass is 10.1. The average Bonchev–Trinajstić information content (AvgIpc) is 2.76. The minimum absolute atomic E-state index is 0.113. The highest BCUT2D eigenvalue weighted by molar-refractivity contribution is 6.05. The van der Waals surface area contributed by atoms with Gasteiger partial charge in [0.2, 0.25) is 5.91 Å². The second kappa shape index (κ2) is 8.78. The number of halogens is 1. The zero-order valence-corrected chi connectivity index (χ0v) is 16.3. The summed E-state index contributed by atoms with van der Waals surface area (Å²) in [6.07, 6.45) is 2.47. The van der Waals surface area contributed by atoms with Gasteiger partial charge in [-0.3, -0.25) is 9.59 Å². The smallest absolute Gasteiger partial charge is 0.255 e. The predicted octanol–water partition coefficient (Wildman–Crippen LogP) is 5.39. The Morgan fingerprint density at radius 3 is 2.53 bits per heavy atom. The van der Waals surface area contributed by atoms with Gasteiger partial charge in [0.1, 0.15) is 11.6 Å². The molecule has 0 radical (unpaired) electrons. The third-order valence-corrected chi connectivity index (χ3v) is 4.92. The van der Waals surface area contributed by atoms with E-state index in [1.54, 1.807) is 65.6 Å². The van der Waals surface area contributed by atoms with Crippen molar-refractivity contribution >= 4 is 23.2 Å². The highest BCUT2D eigenvalue weighted by atomic mass is 19.1. The third kappa shape index (κ3) is 4.49. The largest absolute Gasteiger partial charge is 0.455 e. The molecular formula is C24H21FN2O3. The summed E-state index contributed by atoms with van der Waals surface area (Å²) in [5.41, 5.74) is 1.73. The normalized spacial score (nSPS) is 13.8. The summed E-state index contributed by atoms with van der Waals surface area (Å²) < 4.78 is 19.2. The lowest BCUT2D eigenvalue weighted by molar-refractivity contribution is -0.119. The summed E-state index contributed by atoms with van der Waals surface area (Å²) in [5.74, 6) is 0.157. The highest BCUT2D eigenvalue weighted by Crippen LogP contribution is 2.30. The maximum absolute atomic E-state index is 13.4. The van der Waals surface area contributed by atoms with Crippen molar-refractivity contribution < 1.29 is 18.7 Å². The molecule has 3 aromatic carbocycles. The lowest BCUT2D eigenvalue weighted by Crippen LogP contribution is -2.35. The van der Waals surface area contributed by atoms with Gasteiger partial charge in [0, 0.05) is 30.3 Å². The van der Waals surface area contributed by atoms with Gasteiger partial charge in [-0.25, -0.2) is 4.39 Å². The first kappa shape index (κ1) is 19.6. The van der Waals surface area contributed by atoms with E-state index in [0.29, 0.717) is 35.7 Å². The SMILES string of the molecule is O=C(Nc1ccccc1Oc1cccc(F)c1)c1ccc(N2CCCCC2=O)cc1. The summed E-state index contributed by atoms with van der Waals surface area (Å²) in [4.78, 5) is 26.5. The van der Waals surface area contributed by atoms with Gasteiger partial charge in [-0.15, -0.1) is 0 Å². The van der Waals surface area contributed by atoms with E-state index in [1.807, 2.05) is 0 Å². The van der Waals surface area contributed by atoms with Crippen LogP contribution in [-0.2, 0) is 4.79 Å². The summed E-state index contributed by atoms with van der Waals surface area (Å²) in [5, 5.41) is 2.83. The minimum Gasteiger partial charge on any atom is -0.455 e.